The van der Waals surface area contributed by atoms with Crippen molar-refractivity contribution in [2.45, 2.75) is 0 Å². The Morgan fingerprint density at radius 2 is 1.75 bits per heavy atom. The first kappa shape index (κ1) is 12.3. The Balaban J connectivity index is 2.16. The highest BCUT2D eigenvalue weighted by atomic mass is 16.5. The van der Waals surface area contributed by atoms with Crippen LogP contribution in [0, 0.1) is 0 Å². The van der Waals surface area contributed by atoms with Crippen LogP contribution in [0.25, 0.3) is 22.5 Å². The van der Waals surface area contributed by atoms with Gasteiger partial charge in [0.15, 0.2) is 11.6 Å². The number of aromatic nitrogens is 1. The van der Waals surface area contributed by atoms with Crippen LogP contribution in [0.4, 0.5) is 5.82 Å². The van der Waals surface area contributed by atoms with E-state index in [1.807, 2.05) is 54.6 Å². The van der Waals surface area contributed by atoms with Crippen molar-refractivity contribution in [3.8, 4) is 28.2 Å². The molecule has 3 aromatic rings. The van der Waals surface area contributed by atoms with E-state index in [2.05, 4.69) is 5.16 Å². The maximum atomic E-state index is 5.95. The number of nitrogen functional groups attached to an aromatic ring is 1. The Labute approximate surface area is 116 Å². The number of nitrogens with zero attached hydrogens (tertiary/aromatic N) is 1. The topological polar surface area (TPSA) is 61.3 Å². The van der Waals surface area contributed by atoms with Crippen LogP contribution in [0.1, 0.15) is 0 Å². The van der Waals surface area contributed by atoms with Crippen molar-refractivity contribution >= 4 is 5.82 Å². The zero-order valence-corrected chi connectivity index (χ0v) is 11.0. The molecule has 0 aliphatic rings. The first-order valence-corrected chi connectivity index (χ1v) is 6.24. The predicted molar refractivity (Wildman–Crippen MR) is 78.3 cm³/mol. The number of nitrogens with two attached hydrogens (primary N) is 1. The molecule has 0 aliphatic heterocycles. The number of benzene rings is 2. The van der Waals surface area contributed by atoms with E-state index in [4.69, 9.17) is 15.0 Å². The summed E-state index contributed by atoms with van der Waals surface area (Å²) in [5.74, 6) is 1.79. The van der Waals surface area contributed by atoms with Gasteiger partial charge in [0.1, 0.15) is 5.75 Å². The van der Waals surface area contributed by atoms with Gasteiger partial charge in [0.05, 0.1) is 12.7 Å². The molecule has 0 atom stereocenters. The van der Waals surface area contributed by atoms with E-state index in [0.717, 1.165) is 22.4 Å². The lowest BCUT2D eigenvalue weighted by Crippen LogP contribution is -1.89. The molecule has 1 aromatic heterocycles. The molecule has 100 valence electrons. The summed E-state index contributed by atoms with van der Waals surface area (Å²) in [5.41, 5.74) is 8.61. The standard InChI is InChI=1S/C16H14N2O2/c1-19-13-9-5-8-12(10-13)15-14(16(17)18-20-15)11-6-3-2-4-7-11/h2-10H,1H3,(H2,17,18). The summed E-state index contributed by atoms with van der Waals surface area (Å²) in [6.45, 7) is 0. The maximum Gasteiger partial charge on any atom is 0.177 e. The van der Waals surface area contributed by atoms with Crippen molar-refractivity contribution in [3.63, 3.8) is 0 Å². The quantitative estimate of drug-likeness (QED) is 0.786. The fourth-order valence-corrected chi connectivity index (χ4v) is 2.15. The van der Waals surface area contributed by atoms with Crippen LogP contribution in [0.5, 0.6) is 5.75 Å². The van der Waals surface area contributed by atoms with Gasteiger partial charge in [-0.15, -0.1) is 0 Å². The number of methoxy groups -OCH3 is 1. The third-order valence-electron chi connectivity index (χ3n) is 3.11. The van der Waals surface area contributed by atoms with Crippen LogP contribution in [0.3, 0.4) is 0 Å². The SMILES string of the molecule is COc1cccc(-c2onc(N)c2-c2ccccc2)c1. The van der Waals surface area contributed by atoms with Gasteiger partial charge in [-0.25, -0.2) is 0 Å². The Kier molecular flexibility index (Phi) is 3.13. The molecular weight excluding hydrogens is 252 g/mol. The van der Waals surface area contributed by atoms with E-state index in [-0.39, 0.29) is 0 Å². The van der Waals surface area contributed by atoms with Crippen LogP contribution < -0.4 is 10.5 Å². The summed E-state index contributed by atoms with van der Waals surface area (Å²) >= 11 is 0. The minimum Gasteiger partial charge on any atom is -0.497 e. The summed E-state index contributed by atoms with van der Waals surface area (Å²) in [4.78, 5) is 0. The van der Waals surface area contributed by atoms with Crippen molar-refractivity contribution in [2.75, 3.05) is 12.8 Å². The fraction of sp³-hybridized carbons (Fsp3) is 0.0625. The molecule has 4 heteroatoms. The van der Waals surface area contributed by atoms with Crippen LogP contribution in [-0.4, -0.2) is 12.3 Å². The van der Waals surface area contributed by atoms with Crippen molar-refractivity contribution < 1.29 is 9.26 Å². The summed E-state index contributed by atoms with van der Waals surface area (Å²) in [5, 5.41) is 3.89. The molecule has 0 fully saturated rings. The molecule has 0 radical (unpaired) electrons. The third-order valence-corrected chi connectivity index (χ3v) is 3.11. The van der Waals surface area contributed by atoms with Gasteiger partial charge >= 0.3 is 0 Å². The predicted octanol–water partition coefficient (Wildman–Crippen LogP) is 3.60. The summed E-state index contributed by atoms with van der Waals surface area (Å²) < 4.78 is 10.6. The molecule has 2 aromatic carbocycles. The molecule has 20 heavy (non-hydrogen) atoms. The van der Waals surface area contributed by atoms with Crippen molar-refractivity contribution in [1.82, 2.24) is 5.16 Å². The molecule has 0 amide bonds. The number of ether oxygens (including phenoxy) is 1. The second-order valence-electron chi connectivity index (χ2n) is 4.37. The lowest BCUT2D eigenvalue weighted by Gasteiger charge is -2.04. The Morgan fingerprint density at radius 1 is 1.00 bits per heavy atom. The van der Waals surface area contributed by atoms with E-state index >= 15 is 0 Å². The van der Waals surface area contributed by atoms with Crippen LogP contribution in [0.2, 0.25) is 0 Å². The molecule has 0 spiro atoms. The first-order valence-electron chi connectivity index (χ1n) is 6.24. The summed E-state index contributed by atoms with van der Waals surface area (Å²) in [6.07, 6.45) is 0. The van der Waals surface area contributed by atoms with Crippen molar-refractivity contribution in [2.24, 2.45) is 0 Å². The Bertz CT molecular complexity index is 720. The number of hydrogen-bond acceptors (Lipinski definition) is 4. The molecule has 0 saturated carbocycles. The van der Waals surface area contributed by atoms with Gasteiger partial charge in [0.2, 0.25) is 0 Å². The lowest BCUT2D eigenvalue weighted by atomic mass is 10.0. The van der Waals surface area contributed by atoms with Gasteiger partial charge in [0, 0.05) is 5.56 Å². The average Bonchev–Trinajstić information content (AvgIpc) is 2.90. The zero-order chi connectivity index (χ0) is 13.9. The van der Waals surface area contributed by atoms with Gasteiger partial charge in [-0.05, 0) is 17.7 Å². The molecule has 2 N–H and O–H groups in total. The maximum absolute atomic E-state index is 5.95. The molecular formula is C16H14N2O2. The van der Waals surface area contributed by atoms with Gasteiger partial charge in [-0.2, -0.15) is 0 Å². The number of rotatable bonds is 3. The Hall–Kier alpha value is -2.75. The van der Waals surface area contributed by atoms with Crippen molar-refractivity contribution in [3.05, 3.63) is 54.6 Å². The second kappa shape index (κ2) is 5.09. The van der Waals surface area contributed by atoms with Gasteiger partial charge in [-0.3, -0.25) is 0 Å². The van der Waals surface area contributed by atoms with Gasteiger partial charge in [0.25, 0.3) is 0 Å². The summed E-state index contributed by atoms with van der Waals surface area (Å²) in [6, 6.07) is 17.4. The zero-order valence-electron chi connectivity index (χ0n) is 11.0. The summed E-state index contributed by atoms with van der Waals surface area (Å²) in [7, 11) is 1.63. The molecule has 0 unspecified atom stereocenters. The largest absolute Gasteiger partial charge is 0.497 e. The third kappa shape index (κ3) is 2.12. The highest BCUT2D eigenvalue weighted by Crippen LogP contribution is 2.37. The molecule has 1 heterocycles. The normalized spacial score (nSPS) is 10.4. The van der Waals surface area contributed by atoms with Crippen LogP contribution >= 0.6 is 0 Å². The van der Waals surface area contributed by atoms with Crippen LogP contribution in [0.15, 0.2) is 59.1 Å². The monoisotopic (exact) mass is 266 g/mol. The molecule has 3 rings (SSSR count). The minimum atomic E-state index is 0.383. The molecule has 0 saturated heterocycles. The van der Waals surface area contributed by atoms with Crippen LogP contribution in [-0.2, 0) is 0 Å². The number of anilines is 1. The van der Waals surface area contributed by atoms with E-state index in [0.29, 0.717) is 11.6 Å². The first-order chi connectivity index (χ1) is 9.79. The number of hydrogen-bond donors (Lipinski definition) is 1. The molecule has 0 aliphatic carbocycles. The van der Waals surface area contributed by atoms with Crippen molar-refractivity contribution in [1.29, 1.82) is 0 Å². The molecule has 4 nitrogen and oxygen atoms in total. The average molecular weight is 266 g/mol. The highest BCUT2D eigenvalue weighted by molar-refractivity contribution is 5.86. The van der Waals surface area contributed by atoms with E-state index < -0.39 is 0 Å². The minimum absolute atomic E-state index is 0.383. The second-order valence-corrected chi connectivity index (χ2v) is 4.37. The van der Waals surface area contributed by atoms with E-state index in [1.54, 1.807) is 7.11 Å². The van der Waals surface area contributed by atoms with Gasteiger partial charge < -0.3 is 15.0 Å². The molecule has 0 bridgehead atoms. The fourth-order valence-electron chi connectivity index (χ4n) is 2.15. The van der Waals surface area contributed by atoms with E-state index in [1.165, 1.54) is 0 Å². The van der Waals surface area contributed by atoms with E-state index in [9.17, 15) is 0 Å². The lowest BCUT2D eigenvalue weighted by molar-refractivity contribution is 0.413. The van der Waals surface area contributed by atoms with Gasteiger partial charge in [-0.1, -0.05) is 47.6 Å². The highest BCUT2D eigenvalue weighted by Gasteiger charge is 2.17. The smallest absolute Gasteiger partial charge is 0.177 e. The Morgan fingerprint density at radius 3 is 2.50 bits per heavy atom.